The monoisotopic (exact) mass is 360 g/mol. The second-order valence-corrected chi connectivity index (χ2v) is 7.43. The third-order valence-electron chi connectivity index (χ3n) is 5.67. The molecule has 26 heavy (non-hydrogen) atoms. The molecule has 2 atom stereocenters. The number of rotatable bonds is 5. The smallest absolute Gasteiger partial charge is 0.271 e. The summed E-state index contributed by atoms with van der Waals surface area (Å²) in [5, 5.41) is 14.4. The van der Waals surface area contributed by atoms with Gasteiger partial charge in [0.25, 0.3) is 5.69 Å². The van der Waals surface area contributed by atoms with Crippen molar-refractivity contribution in [2.75, 3.05) is 44.2 Å². The van der Waals surface area contributed by atoms with Crippen molar-refractivity contribution in [3.05, 3.63) is 34.4 Å². The number of carbonyl (C=O) groups excluding carboxylic acids is 1. The van der Waals surface area contributed by atoms with Crippen LogP contribution in [0, 0.1) is 22.0 Å². The Kier molecular flexibility index (Phi) is 6.08. The summed E-state index contributed by atoms with van der Waals surface area (Å²) in [5.41, 5.74) is 0.962. The van der Waals surface area contributed by atoms with Gasteiger partial charge in [-0.1, -0.05) is 13.0 Å². The molecule has 1 aromatic rings. The maximum atomic E-state index is 12.6. The molecule has 1 N–H and O–H groups in total. The standard InChI is InChI=1S/C19H28N4O3/c1-15(16-4-3-7-20-14-16)12-19(24)22-10-8-21(9-11-22)17-5-2-6-18(13-17)23(25)26/h2,5-6,13,15-16,20H,3-4,7-12,14H2,1H3. The Morgan fingerprint density at radius 2 is 2.12 bits per heavy atom. The van der Waals surface area contributed by atoms with Crippen molar-refractivity contribution < 1.29 is 9.72 Å². The molecule has 2 fully saturated rings. The summed E-state index contributed by atoms with van der Waals surface area (Å²) in [6.07, 6.45) is 3.02. The van der Waals surface area contributed by atoms with Crippen LogP contribution in [0.15, 0.2) is 24.3 Å². The quantitative estimate of drug-likeness (QED) is 0.644. The number of piperazine rings is 1. The summed E-state index contributed by atoms with van der Waals surface area (Å²) in [5.74, 6) is 1.24. The van der Waals surface area contributed by atoms with E-state index in [1.807, 2.05) is 11.0 Å². The molecule has 2 unspecified atom stereocenters. The number of amides is 1. The third-order valence-corrected chi connectivity index (χ3v) is 5.67. The topological polar surface area (TPSA) is 78.7 Å². The lowest BCUT2D eigenvalue weighted by Crippen LogP contribution is -2.49. The van der Waals surface area contributed by atoms with Crippen LogP contribution in [-0.2, 0) is 4.79 Å². The molecule has 2 aliphatic heterocycles. The van der Waals surface area contributed by atoms with E-state index in [4.69, 9.17) is 0 Å². The van der Waals surface area contributed by atoms with E-state index in [0.717, 1.165) is 18.8 Å². The maximum Gasteiger partial charge on any atom is 0.271 e. The predicted octanol–water partition coefficient (Wildman–Crippen LogP) is 2.27. The number of nitrogens with one attached hydrogen (secondary N) is 1. The molecule has 142 valence electrons. The van der Waals surface area contributed by atoms with Crippen LogP contribution in [0.2, 0.25) is 0 Å². The van der Waals surface area contributed by atoms with Gasteiger partial charge in [0.1, 0.15) is 0 Å². The first kappa shape index (κ1) is 18.6. The van der Waals surface area contributed by atoms with Gasteiger partial charge in [0.05, 0.1) is 4.92 Å². The predicted molar refractivity (Wildman–Crippen MR) is 101 cm³/mol. The van der Waals surface area contributed by atoms with Crippen molar-refractivity contribution >= 4 is 17.3 Å². The fourth-order valence-corrected chi connectivity index (χ4v) is 3.95. The summed E-state index contributed by atoms with van der Waals surface area (Å²) in [6, 6.07) is 6.72. The Labute approximate surface area is 154 Å². The summed E-state index contributed by atoms with van der Waals surface area (Å²) in [7, 11) is 0. The van der Waals surface area contributed by atoms with Crippen molar-refractivity contribution in [2.45, 2.75) is 26.2 Å². The highest BCUT2D eigenvalue weighted by Crippen LogP contribution is 2.25. The van der Waals surface area contributed by atoms with E-state index in [9.17, 15) is 14.9 Å². The minimum atomic E-state index is -0.370. The van der Waals surface area contributed by atoms with Crippen molar-refractivity contribution in [1.82, 2.24) is 10.2 Å². The zero-order chi connectivity index (χ0) is 18.5. The van der Waals surface area contributed by atoms with Gasteiger partial charge in [-0.3, -0.25) is 14.9 Å². The average molecular weight is 360 g/mol. The lowest BCUT2D eigenvalue weighted by atomic mass is 9.85. The van der Waals surface area contributed by atoms with E-state index < -0.39 is 0 Å². The number of piperidine rings is 1. The van der Waals surface area contributed by atoms with E-state index in [-0.39, 0.29) is 16.5 Å². The molecule has 2 saturated heterocycles. The van der Waals surface area contributed by atoms with Crippen LogP contribution in [0.1, 0.15) is 26.2 Å². The zero-order valence-corrected chi connectivity index (χ0v) is 15.4. The van der Waals surface area contributed by atoms with Crippen molar-refractivity contribution in [1.29, 1.82) is 0 Å². The molecule has 0 aliphatic carbocycles. The van der Waals surface area contributed by atoms with Gasteiger partial charge >= 0.3 is 0 Å². The zero-order valence-electron chi connectivity index (χ0n) is 15.4. The van der Waals surface area contributed by atoms with E-state index in [0.29, 0.717) is 44.4 Å². The maximum absolute atomic E-state index is 12.6. The fraction of sp³-hybridized carbons (Fsp3) is 0.632. The molecular formula is C19H28N4O3. The Bertz CT molecular complexity index is 637. The number of nitro benzene ring substituents is 1. The number of benzene rings is 1. The largest absolute Gasteiger partial charge is 0.368 e. The molecule has 0 saturated carbocycles. The molecule has 7 nitrogen and oxygen atoms in total. The van der Waals surface area contributed by atoms with Crippen molar-refractivity contribution in [2.24, 2.45) is 11.8 Å². The molecular weight excluding hydrogens is 332 g/mol. The molecule has 0 bridgehead atoms. The average Bonchev–Trinajstić information content (AvgIpc) is 2.68. The third kappa shape index (κ3) is 4.52. The lowest BCUT2D eigenvalue weighted by Gasteiger charge is -2.37. The van der Waals surface area contributed by atoms with Gasteiger partial charge in [0, 0.05) is 50.4 Å². The number of hydrogen-bond acceptors (Lipinski definition) is 5. The minimum Gasteiger partial charge on any atom is -0.368 e. The van der Waals surface area contributed by atoms with E-state index in [1.54, 1.807) is 12.1 Å². The van der Waals surface area contributed by atoms with Gasteiger partial charge in [-0.25, -0.2) is 0 Å². The molecule has 2 aliphatic rings. The van der Waals surface area contributed by atoms with Crippen LogP contribution in [-0.4, -0.2) is 55.0 Å². The van der Waals surface area contributed by atoms with Crippen LogP contribution >= 0.6 is 0 Å². The Morgan fingerprint density at radius 3 is 2.77 bits per heavy atom. The Hall–Kier alpha value is -2.15. The highest BCUT2D eigenvalue weighted by atomic mass is 16.6. The second-order valence-electron chi connectivity index (χ2n) is 7.43. The van der Waals surface area contributed by atoms with Crippen LogP contribution in [0.4, 0.5) is 11.4 Å². The molecule has 2 heterocycles. The highest BCUT2D eigenvalue weighted by molar-refractivity contribution is 5.76. The van der Waals surface area contributed by atoms with Crippen LogP contribution in [0.25, 0.3) is 0 Å². The van der Waals surface area contributed by atoms with Crippen molar-refractivity contribution in [3.63, 3.8) is 0 Å². The van der Waals surface area contributed by atoms with Gasteiger partial charge in [-0.05, 0) is 43.8 Å². The summed E-state index contributed by atoms with van der Waals surface area (Å²) in [6.45, 7) is 7.09. The number of anilines is 1. The SMILES string of the molecule is CC(CC(=O)N1CCN(c2cccc([N+](=O)[O-])c2)CC1)C1CCCNC1. The van der Waals surface area contributed by atoms with Gasteiger partial charge in [-0.2, -0.15) is 0 Å². The number of carbonyl (C=O) groups is 1. The summed E-state index contributed by atoms with van der Waals surface area (Å²) in [4.78, 5) is 27.3. The highest BCUT2D eigenvalue weighted by Gasteiger charge is 2.26. The minimum absolute atomic E-state index is 0.107. The molecule has 0 spiro atoms. The Morgan fingerprint density at radius 1 is 1.35 bits per heavy atom. The second kappa shape index (κ2) is 8.49. The normalized spacial score (nSPS) is 22.1. The summed E-state index contributed by atoms with van der Waals surface area (Å²) >= 11 is 0. The van der Waals surface area contributed by atoms with Crippen LogP contribution in [0.3, 0.4) is 0 Å². The number of nitrogens with zero attached hydrogens (tertiary/aromatic N) is 3. The van der Waals surface area contributed by atoms with Gasteiger partial charge in [0.2, 0.25) is 5.91 Å². The molecule has 0 aromatic heterocycles. The first-order chi connectivity index (χ1) is 12.5. The van der Waals surface area contributed by atoms with Crippen LogP contribution in [0.5, 0.6) is 0 Å². The molecule has 0 radical (unpaired) electrons. The molecule has 3 rings (SSSR count). The van der Waals surface area contributed by atoms with Crippen molar-refractivity contribution in [3.8, 4) is 0 Å². The molecule has 1 amide bonds. The Balaban J connectivity index is 1.50. The number of hydrogen-bond donors (Lipinski definition) is 1. The summed E-state index contributed by atoms with van der Waals surface area (Å²) < 4.78 is 0. The van der Waals surface area contributed by atoms with Gasteiger partial charge in [0.15, 0.2) is 0 Å². The molecule has 1 aromatic carbocycles. The van der Waals surface area contributed by atoms with E-state index in [2.05, 4.69) is 17.1 Å². The molecule has 7 heteroatoms. The first-order valence-corrected chi connectivity index (χ1v) is 9.52. The van der Waals surface area contributed by atoms with Gasteiger partial charge in [-0.15, -0.1) is 0 Å². The first-order valence-electron chi connectivity index (χ1n) is 9.52. The lowest BCUT2D eigenvalue weighted by molar-refractivity contribution is -0.384. The van der Waals surface area contributed by atoms with Gasteiger partial charge < -0.3 is 15.1 Å². The van der Waals surface area contributed by atoms with E-state index >= 15 is 0 Å². The fourth-order valence-electron chi connectivity index (χ4n) is 3.95. The number of non-ortho nitro benzene ring substituents is 1. The number of nitro groups is 1. The van der Waals surface area contributed by atoms with Crippen LogP contribution < -0.4 is 10.2 Å². The van der Waals surface area contributed by atoms with E-state index in [1.165, 1.54) is 18.9 Å².